The molecule has 0 heterocycles. The molecule has 0 aliphatic heterocycles. The van der Waals surface area contributed by atoms with E-state index >= 15 is 0 Å². The van der Waals surface area contributed by atoms with Gasteiger partial charge in [0.1, 0.15) is 6.61 Å². The molecule has 0 radical (unpaired) electrons. The Morgan fingerprint density at radius 2 is 1.30 bits per heavy atom. The highest BCUT2D eigenvalue weighted by Gasteiger charge is 2.15. The number of aliphatic hydroxyl groups is 2. The van der Waals surface area contributed by atoms with Crippen molar-refractivity contribution in [3.63, 3.8) is 0 Å². The third-order valence-corrected chi connectivity index (χ3v) is 7.65. The maximum atomic E-state index is 12.1. The highest BCUT2D eigenvalue weighted by atomic mass is 16.6. The molecule has 0 aliphatic rings. The second kappa shape index (κ2) is 33.7. The normalized spacial score (nSPS) is 14.5. The van der Waals surface area contributed by atoms with Gasteiger partial charge in [0.2, 0.25) is 0 Å². The lowest BCUT2D eigenvalue weighted by Gasteiger charge is -2.15. The number of carbonyl (C=O) groups excluding carboxylic acids is 2. The van der Waals surface area contributed by atoms with Crippen LogP contribution in [0, 0.1) is 5.92 Å². The molecule has 3 atom stereocenters. The summed E-state index contributed by atoms with van der Waals surface area (Å²) in [6.45, 7) is 6.17. The largest absolute Gasteiger partial charge is 0.462 e. The van der Waals surface area contributed by atoms with Gasteiger partial charge in [-0.25, -0.2) is 0 Å². The molecule has 0 saturated carbocycles. The summed E-state index contributed by atoms with van der Waals surface area (Å²) in [5.74, 6) is 0.126. The molecule has 0 amide bonds. The standard InChI is InChI=1S/C40H66O6/c1-4-6-24-30-37(42)31-26-21-17-12-10-8-7-9-11-13-18-22-27-32-39(43)45-35-38(34-41)46-40(44)33-28-23-19-15-14-16-20-25-29-36(3)5-2/h6,8-11,17-18,21-22,24,26,31,36-38,41-42H,4-5,7,12-16,19-20,23,25,27-30,32-35H2,1-3H3/b10-8-,11-9-,21-17+,22-18-,24-6-,31-26+/t36?,37?,38-/m0/s1. The van der Waals surface area contributed by atoms with E-state index in [1.54, 1.807) is 6.08 Å². The van der Waals surface area contributed by atoms with Crippen LogP contribution in [0.15, 0.2) is 72.9 Å². The van der Waals surface area contributed by atoms with Gasteiger partial charge in [0.15, 0.2) is 6.10 Å². The molecule has 46 heavy (non-hydrogen) atoms. The first-order valence-electron chi connectivity index (χ1n) is 18.0. The van der Waals surface area contributed by atoms with E-state index in [0.717, 1.165) is 50.9 Å². The molecule has 0 aromatic carbocycles. The molecule has 2 unspecified atom stereocenters. The zero-order valence-corrected chi connectivity index (χ0v) is 29.3. The molecule has 0 aromatic heterocycles. The smallest absolute Gasteiger partial charge is 0.306 e. The second-order valence-corrected chi connectivity index (χ2v) is 12.0. The van der Waals surface area contributed by atoms with Gasteiger partial charge in [-0.15, -0.1) is 0 Å². The molecular formula is C40H66O6. The molecular weight excluding hydrogens is 576 g/mol. The van der Waals surface area contributed by atoms with E-state index in [-0.39, 0.29) is 31.6 Å². The molecule has 0 spiro atoms. The van der Waals surface area contributed by atoms with E-state index in [2.05, 4.69) is 57.2 Å². The molecule has 0 saturated heterocycles. The lowest BCUT2D eigenvalue weighted by Crippen LogP contribution is -2.28. The van der Waals surface area contributed by atoms with Crippen LogP contribution in [-0.2, 0) is 19.1 Å². The Morgan fingerprint density at radius 1 is 0.696 bits per heavy atom. The van der Waals surface area contributed by atoms with Crippen LogP contribution in [-0.4, -0.2) is 47.6 Å². The van der Waals surface area contributed by atoms with Crippen molar-refractivity contribution in [3.8, 4) is 0 Å². The maximum Gasteiger partial charge on any atom is 0.306 e. The Morgan fingerprint density at radius 3 is 1.93 bits per heavy atom. The Kier molecular flexibility index (Phi) is 31.7. The summed E-state index contributed by atoms with van der Waals surface area (Å²) < 4.78 is 10.5. The number of hydrogen-bond acceptors (Lipinski definition) is 6. The summed E-state index contributed by atoms with van der Waals surface area (Å²) >= 11 is 0. The van der Waals surface area contributed by atoms with Gasteiger partial charge in [0.05, 0.1) is 12.7 Å². The van der Waals surface area contributed by atoms with E-state index in [9.17, 15) is 19.8 Å². The van der Waals surface area contributed by atoms with Crippen LogP contribution < -0.4 is 0 Å². The fourth-order valence-electron chi connectivity index (χ4n) is 4.52. The number of hydrogen-bond donors (Lipinski definition) is 2. The average Bonchev–Trinajstić information content (AvgIpc) is 3.05. The van der Waals surface area contributed by atoms with Crippen molar-refractivity contribution in [2.45, 2.75) is 149 Å². The Bertz CT molecular complexity index is 897. The fraction of sp³-hybridized carbons (Fsp3) is 0.650. The molecule has 6 heteroatoms. The van der Waals surface area contributed by atoms with Crippen LogP contribution >= 0.6 is 0 Å². The van der Waals surface area contributed by atoms with Crippen LogP contribution in [0.3, 0.4) is 0 Å². The lowest BCUT2D eigenvalue weighted by atomic mass is 9.99. The predicted molar refractivity (Wildman–Crippen MR) is 192 cm³/mol. The topological polar surface area (TPSA) is 93.1 Å². The van der Waals surface area contributed by atoms with Crippen molar-refractivity contribution in [2.75, 3.05) is 13.2 Å². The van der Waals surface area contributed by atoms with Gasteiger partial charge < -0.3 is 19.7 Å². The van der Waals surface area contributed by atoms with E-state index < -0.39 is 12.2 Å². The van der Waals surface area contributed by atoms with Crippen molar-refractivity contribution >= 4 is 11.9 Å². The van der Waals surface area contributed by atoms with Gasteiger partial charge in [-0.1, -0.05) is 151 Å². The molecule has 0 aromatic rings. The van der Waals surface area contributed by atoms with Crippen LogP contribution in [0.4, 0.5) is 0 Å². The van der Waals surface area contributed by atoms with Crippen LogP contribution in [0.1, 0.15) is 136 Å². The molecule has 0 aliphatic carbocycles. The number of ether oxygens (including phenoxy) is 2. The summed E-state index contributed by atoms with van der Waals surface area (Å²) in [4.78, 5) is 24.1. The third kappa shape index (κ3) is 31.3. The zero-order valence-electron chi connectivity index (χ0n) is 29.3. The highest BCUT2D eigenvalue weighted by Crippen LogP contribution is 2.15. The summed E-state index contributed by atoms with van der Waals surface area (Å²) in [6.07, 6.45) is 40.1. The van der Waals surface area contributed by atoms with Gasteiger partial charge in [-0.3, -0.25) is 9.59 Å². The number of esters is 2. The van der Waals surface area contributed by atoms with Crippen LogP contribution in [0.25, 0.3) is 0 Å². The molecule has 6 nitrogen and oxygen atoms in total. The zero-order chi connectivity index (χ0) is 33.9. The minimum absolute atomic E-state index is 0.120. The van der Waals surface area contributed by atoms with Crippen molar-refractivity contribution in [1.29, 1.82) is 0 Å². The summed E-state index contributed by atoms with van der Waals surface area (Å²) in [7, 11) is 0. The predicted octanol–water partition coefficient (Wildman–Crippen LogP) is 9.83. The number of allylic oxidation sites excluding steroid dienone is 10. The maximum absolute atomic E-state index is 12.1. The lowest BCUT2D eigenvalue weighted by molar-refractivity contribution is -0.161. The molecule has 0 bridgehead atoms. The number of carbonyl (C=O) groups is 2. The first kappa shape index (κ1) is 43.3. The number of rotatable bonds is 30. The Balaban J connectivity index is 3.81. The quantitative estimate of drug-likeness (QED) is 0.0351. The van der Waals surface area contributed by atoms with Gasteiger partial charge in [-0.2, -0.15) is 0 Å². The minimum atomic E-state index is -0.813. The van der Waals surface area contributed by atoms with E-state index in [4.69, 9.17) is 9.47 Å². The highest BCUT2D eigenvalue weighted by molar-refractivity contribution is 5.70. The first-order valence-corrected chi connectivity index (χ1v) is 18.0. The number of aliphatic hydroxyl groups excluding tert-OH is 2. The van der Waals surface area contributed by atoms with Crippen molar-refractivity contribution < 1.29 is 29.3 Å². The Hall–Kier alpha value is -2.70. The molecule has 0 rings (SSSR count). The van der Waals surface area contributed by atoms with Gasteiger partial charge >= 0.3 is 11.9 Å². The molecule has 2 N–H and O–H groups in total. The van der Waals surface area contributed by atoms with Crippen molar-refractivity contribution in [1.82, 2.24) is 0 Å². The van der Waals surface area contributed by atoms with Crippen LogP contribution in [0.2, 0.25) is 0 Å². The fourth-order valence-corrected chi connectivity index (χ4v) is 4.52. The van der Waals surface area contributed by atoms with E-state index in [0.29, 0.717) is 19.3 Å². The average molecular weight is 643 g/mol. The van der Waals surface area contributed by atoms with Crippen LogP contribution in [0.5, 0.6) is 0 Å². The van der Waals surface area contributed by atoms with Crippen molar-refractivity contribution in [3.05, 3.63) is 72.9 Å². The Labute approximate surface area is 281 Å². The SMILES string of the molecule is CC/C=C\CC(O)/C=C/C=C/C/C=C\C/C=C\C/C=C\CCC(=O)OC[C@H](CO)OC(=O)CCCCCCCCCCC(C)CC. The van der Waals surface area contributed by atoms with Gasteiger partial charge in [-0.05, 0) is 50.9 Å². The molecule has 0 fully saturated rings. The summed E-state index contributed by atoms with van der Waals surface area (Å²) in [5.41, 5.74) is 0. The first-order chi connectivity index (χ1) is 22.4. The number of unbranched alkanes of at least 4 members (excludes halogenated alkanes) is 7. The van der Waals surface area contributed by atoms with Gasteiger partial charge in [0, 0.05) is 12.8 Å². The van der Waals surface area contributed by atoms with E-state index in [1.165, 1.54) is 44.9 Å². The monoisotopic (exact) mass is 642 g/mol. The van der Waals surface area contributed by atoms with Crippen molar-refractivity contribution in [2.24, 2.45) is 5.92 Å². The minimum Gasteiger partial charge on any atom is -0.462 e. The van der Waals surface area contributed by atoms with Gasteiger partial charge in [0.25, 0.3) is 0 Å². The summed E-state index contributed by atoms with van der Waals surface area (Å²) in [5, 5.41) is 19.3. The third-order valence-electron chi connectivity index (χ3n) is 7.65. The molecule has 262 valence electrons. The summed E-state index contributed by atoms with van der Waals surface area (Å²) in [6, 6.07) is 0. The van der Waals surface area contributed by atoms with E-state index in [1.807, 2.05) is 30.4 Å². The second-order valence-electron chi connectivity index (χ2n) is 12.0.